The van der Waals surface area contributed by atoms with Crippen molar-refractivity contribution in [3.05, 3.63) is 56.5 Å². The van der Waals surface area contributed by atoms with Crippen molar-refractivity contribution in [2.24, 2.45) is 0 Å². The Kier molecular flexibility index (Phi) is 5.48. The van der Waals surface area contributed by atoms with Crippen molar-refractivity contribution in [3.63, 3.8) is 0 Å². The second kappa shape index (κ2) is 7.16. The zero-order valence-corrected chi connectivity index (χ0v) is 15.0. The number of halogens is 2. The fourth-order valence-corrected chi connectivity index (χ4v) is 3.11. The predicted molar refractivity (Wildman–Crippen MR) is 93.9 cm³/mol. The Morgan fingerprint density at radius 2 is 1.77 bits per heavy atom. The van der Waals surface area contributed by atoms with Crippen LogP contribution >= 0.6 is 27.5 Å². The van der Waals surface area contributed by atoms with E-state index in [1.807, 2.05) is 32.9 Å². The summed E-state index contributed by atoms with van der Waals surface area (Å²) in [7, 11) is 0. The number of hydrogen-bond acceptors (Lipinski definition) is 2. The molecule has 116 valence electrons. The zero-order valence-electron chi connectivity index (χ0n) is 12.7. The van der Waals surface area contributed by atoms with Gasteiger partial charge in [0.15, 0.2) is 6.61 Å². The molecule has 0 aromatic heterocycles. The van der Waals surface area contributed by atoms with E-state index in [1.54, 1.807) is 18.2 Å². The van der Waals surface area contributed by atoms with Gasteiger partial charge in [-0.2, -0.15) is 0 Å². The molecule has 2 rings (SSSR count). The Labute approximate surface area is 143 Å². The fourth-order valence-electron chi connectivity index (χ4n) is 2.20. The van der Waals surface area contributed by atoms with Crippen LogP contribution in [0.1, 0.15) is 16.7 Å². The highest BCUT2D eigenvalue weighted by Gasteiger charge is 2.10. The molecule has 0 aliphatic heterocycles. The summed E-state index contributed by atoms with van der Waals surface area (Å²) in [6.07, 6.45) is 0. The van der Waals surface area contributed by atoms with Gasteiger partial charge in [0.05, 0.1) is 0 Å². The van der Waals surface area contributed by atoms with Gasteiger partial charge in [0.1, 0.15) is 5.75 Å². The molecule has 22 heavy (non-hydrogen) atoms. The van der Waals surface area contributed by atoms with Crippen LogP contribution in [-0.2, 0) is 4.79 Å². The van der Waals surface area contributed by atoms with E-state index in [9.17, 15) is 4.79 Å². The minimum absolute atomic E-state index is 0.0442. The fraction of sp³-hybridized carbons (Fsp3) is 0.235. The summed E-state index contributed by atoms with van der Waals surface area (Å²) < 4.78 is 6.54. The highest BCUT2D eigenvalue weighted by Crippen LogP contribution is 2.25. The Hall–Kier alpha value is -1.52. The lowest BCUT2D eigenvalue weighted by atomic mass is 10.1. The van der Waals surface area contributed by atoms with E-state index >= 15 is 0 Å². The van der Waals surface area contributed by atoms with Gasteiger partial charge >= 0.3 is 0 Å². The first-order valence-electron chi connectivity index (χ1n) is 6.82. The molecule has 2 aromatic carbocycles. The van der Waals surface area contributed by atoms with Crippen LogP contribution in [0.4, 0.5) is 5.69 Å². The SMILES string of the molecule is Cc1cc(Cl)ccc1OCC(=O)Nc1c(C)cc(Br)cc1C. The van der Waals surface area contributed by atoms with E-state index in [0.29, 0.717) is 10.8 Å². The third kappa shape index (κ3) is 4.24. The highest BCUT2D eigenvalue weighted by atomic mass is 79.9. The van der Waals surface area contributed by atoms with Crippen LogP contribution in [0.3, 0.4) is 0 Å². The second-order valence-corrected chi connectivity index (χ2v) is 6.51. The van der Waals surface area contributed by atoms with E-state index in [0.717, 1.165) is 26.9 Å². The molecule has 1 amide bonds. The van der Waals surface area contributed by atoms with E-state index in [1.165, 1.54) is 0 Å². The Balaban J connectivity index is 2.02. The molecule has 0 heterocycles. The van der Waals surface area contributed by atoms with Gasteiger partial charge in [0.2, 0.25) is 0 Å². The van der Waals surface area contributed by atoms with Crippen LogP contribution in [0.5, 0.6) is 5.75 Å². The lowest BCUT2D eigenvalue weighted by Crippen LogP contribution is -2.21. The summed E-state index contributed by atoms with van der Waals surface area (Å²) >= 11 is 9.34. The Morgan fingerprint density at radius 1 is 1.14 bits per heavy atom. The monoisotopic (exact) mass is 381 g/mol. The first kappa shape index (κ1) is 16.8. The first-order chi connectivity index (χ1) is 10.4. The average Bonchev–Trinajstić information content (AvgIpc) is 2.42. The lowest BCUT2D eigenvalue weighted by Gasteiger charge is -2.13. The van der Waals surface area contributed by atoms with Crippen LogP contribution in [0, 0.1) is 20.8 Å². The van der Waals surface area contributed by atoms with Crippen LogP contribution in [-0.4, -0.2) is 12.5 Å². The third-order valence-electron chi connectivity index (χ3n) is 3.26. The third-order valence-corrected chi connectivity index (χ3v) is 3.95. The van der Waals surface area contributed by atoms with E-state index in [4.69, 9.17) is 16.3 Å². The summed E-state index contributed by atoms with van der Waals surface area (Å²) in [5.74, 6) is 0.465. The number of nitrogens with one attached hydrogen (secondary N) is 1. The van der Waals surface area contributed by atoms with Crippen molar-refractivity contribution in [1.29, 1.82) is 0 Å². The van der Waals surface area contributed by atoms with Crippen LogP contribution in [0.15, 0.2) is 34.8 Å². The molecule has 0 saturated heterocycles. The molecule has 0 radical (unpaired) electrons. The van der Waals surface area contributed by atoms with Crippen molar-refractivity contribution in [2.75, 3.05) is 11.9 Å². The lowest BCUT2D eigenvalue weighted by molar-refractivity contribution is -0.118. The number of benzene rings is 2. The van der Waals surface area contributed by atoms with Gasteiger partial charge in [0.25, 0.3) is 5.91 Å². The van der Waals surface area contributed by atoms with Crippen LogP contribution < -0.4 is 10.1 Å². The molecule has 3 nitrogen and oxygen atoms in total. The number of rotatable bonds is 4. The molecular formula is C17H17BrClNO2. The van der Waals surface area contributed by atoms with Crippen molar-refractivity contribution in [1.82, 2.24) is 0 Å². The maximum Gasteiger partial charge on any atom is 0.262 e. The minimum Gasteiger partial charge on any atom is -0.483 e. The number of anilines is 1. The molecule has 2 aromatic rings. The molecular weight excluding hydrogens is 366 g/mol. The molecule has 0 aliphatic carbocycles. The average molecular weight is 383 g/mol. The maximum absolute atomic E-state index is 12.1. The molecule has 0 spiro atoms. The van der Waals surface area contributed by atoms with Crippen molar-refractivity contribution in [3.8, 4) is 5.75 Å². The number of ether oxygens (including phenoxy) is 1. The molecule has 5 heteroatoms. The second-order valence-electron chi connectivity index (χ2n) is 5.16. The molecule has 0 atom stereocenters. The van der Waals surface area contributed by atoms with Gasteiger partial charge in [-0.25, -0.2) is 0 Å². The van der Waals surface area contributed by atoms with Gasteiger partial charge in [-0.05, 0) is 67.8 Å². The zero-order chi connectivity index (χ0) is 16.3. The van der Waals surface area contributed by atoms with E-state index < -0.39 is 0 Å². The molecule has 0 bridgehead atoms. The standard InChI is InChI=1S/C17H17BrClNO2/c1-10-8-14(19)4-5-15(10)22-9-16(21)20-17-11(2)6-13(18)7-12(17)3/h4-8H,9H2,1-3H3,(H,20,21). The predicted octanol–water partition coefficient (Wildman–Crippen LogP) is 5.05. The maximum atomic E-state index is 12.1. The van der Waals surface area contributed by atoms with E-state index in [-0.39, 0.29) is 12.5 Å². The van der Waals surface area contributed by atoms with Gasteiger partial charge in [0, 0.05) is 15.2 Å². The number of carbonyl (C=O) groups is 1. The highest BCUT2D eigenvalue weighted by molar-refractivity contribution is 9.10. The molecule has 0 fully saturated rings. The molecule has 0 saturated carbocycles. The summed E-state index contributed by atoms with van der Waals surface area (Å²) in [4.78, 5) is 12.1. The van der Waals surface area contributed by atoms with E-state index in [2.05, 4.69) is 21.2 Å². The van der Waals surface area contributed by atoms with Crippen molar-refractivity contribution in [2.45, 2.75) is 20.8 Å². The number of carbonyl (C=O) groups excluding carboxylic acids is 1. The quantitative estimate of drug-likeness (QED) is 0.804. The normalized spacial score (nSPS) is 10.4. The minimum atomic E-state index is -0.192. The largest absolute Gasteiger partial charge is 0.483 e. The molecule has 0 aliphatic rings. The summed E-state index contributed by atoms with van der Waals surface area (Å²) in [6.45, 7) is 5.76. The summed E-state index contributed by atoms with van der Waals surface area (Å²) in [6, 6.07) is 9.24. The molecule has 1 N–H and O–H groups in total. The van der Waals surface area contributed by atoms with Crippen LogP contribution in [0.2, 0.25) is 5.02 Å². The summed E-state index contributed by atoms with van der Waals surface area (Å²) in [5.41, 5.74) is 3.73. The first-order valence-corrected chi connectivity index (χ1v) is 7.99. The van der Waals surface area contributed by atoms with Gasteiger partial charge in [-0.3, -0.25) is 4.79 Å². The summed E-state index contributed by atoms with van der Waals surface area (Å²) in [5, 5.41) is 3.54. The Bertz CT molecular complexity index is 693. The Morgan fingerprint density at radius 3 is 2.36 bits per heavy atom. The van der Waals surface area contributed by atoms with Crippen LogP contribution in [0.25, 0.3) is 0 Å². The van der Waals surface area contributed by atoms with Gasteiger partial charge in [-0.15, -0.1) is 0 Å². The van der Waals surface area contributed by atoms with Crippen molar-refractivity contribution < 1.29 is 9.53 Å². The number of amides is 1. The molecule has 0 unspecified atom stereocenters. The number of hydrogen-bond donors (Lipinski definition) is 1. The van der Waals surface area contributed by atoms with Gasteiger partial charge < -0.3 is 10.1 Å². The smallest absolute Gasteiger partial charge is 0.262 e. The topological polar surface area (TPSA) is 38.3 Å². The van der Waals surface area contributed by atoms with Crippen molar-refractivity contribution >= 4 is 39.1 Å². The van der Waals surface area contributed by atoms with Gasteiger partial charge in [-0.1, -0.05) is 27.5 Å². The number of aryl methyl sites for hydroxylation is 3.